The summed E-state index contributed by atoms with van der Waals surface area (Å²) in [5, 5.41) is 0.925. The highest BCUT2D eigenvalue weighted by Gasteiger charge is 2.44. The number of hydrogen-bond acceptors (Lipinski definition) is 5. The van der Waals surface area contributed by atoms with Crippen LogP contribution < -0.4 is 5.38 Å². The maximum absolute atomic E-state index is 8.12. The van der Waals surface area contributed by atoms with Crippen LogP contribution in [-0.4, -0.2) is 31.3 Å². The van der Waals surface area contributed by atoms with E-state index in [2.05, 4.69) is 58.8 Å². The molecular weight excluding hydrogens is 332 g/mol. The van der Waals surface area contributed by atoms with Gasteiger partial charge < -0.3 is 12.6 Å². The molecule has 0 saturated carbocycles. The molecule has 8 heteroatoms. The van der Waals surface area contributed by atoms with Crippen molar-refractivity contribution in [2.24, 2.45) is 0 Å². The number of rotatable bonds is 6. The molecule has 0 N–H and O–H groups in total. The Bertz CT molecular complexity index is 477. The third-order valence-corrected chi connectivity index (χ3v) is 11.7. The van der Waals surface area contributed by atoms with Crippen LogP contribution in [-0.2, 0) is 24.2 Å². The second-order valence-electron chi connectivity index (χ2n) is 7.13. The van der Waals surface area contributed by atoms with E-state index in [1.54, 1.807) is 0 Å². The van der Waals surface area contributed by atoms with E-state index in [0.29, 0.717) is 0 Å². The van der Waals surface area contributed by atoms with Gasteiger partial charge in [-0.2, -0.15) is 9.59 Å². The van der Waals surface area contributed by atoms with Crippen molar-refractivity contribution in [2.75, 3.05) is 0 Å². The van der Waals surface area contributed by atoms with E-state index in [1.807, 2.05) is 6.26 Å². The number of hydrogen-bond donors (Lipinski definition) is 0. The van der Waals surface area contributed by atoms with Gasteiger partial charge in [0.15, 0.2) is 16.6 Å². The largest absolute Gasteiger partial charge is 0.468 e. The normalized spacial score (nSPS) is 12.4. The quantitative estimate of drug-likeness (QED) is 0.729. The highest BCUT2D eigenvalue weighted by molar-refractivity contribution is 6.93. The van der Waals surface area contributed by atoms with E-state index in [9.17, 15) is 0 Å². The summed E-state index contributed by atoms with van der Waals surface area (Å²) in [5.41, 5.74) is 1.21. The third-order valence-electron chi connectivity index (χ3n) is 2.51. The molecular formula is C14H28O5Si3. The first-order valence-corrected chi connectivity index (χ1v) is 16.5. The number of aryl methyl sites for hydroxylation is 1. The zero-order valence-electron chi connectivity index (χ0n) is 14.9. The van der Waals surface area contributed by atoms with Crippen LogP contribution in [0.4, 0.5) is 0 Å². The lowest BCUT2D eigenvalue weighted by molar-refractivity contribution is -0.191. The van der Waals surface area contributed by atoms with E-state index < -0.39 is 25.2 Å². The van der Waals surface area contributed by atoms with Crippen molar-refractivity contribution in [2.45, 2.75) is 59.2 Å². The first kappa shape index (κ1) is 21.2. The van der Waals surface area contributed by atoms with Crippen LogP contribution in [0.25, 0.3) is 0 Å². The minimum absolute atomic E-state index is 0.250. The van der Waals surface area contributed by atoms with Crippen LogP contribution in [0.5, 0.6) is 0 Å². The van der Waals surface area contributed by atoms with E-state index in [1.165, 1.54) is 5.56 Å². The molecule has 1 rings (SSSR count). The predicted molar refractivity (Wildman–Crippen MR) is 93.2 cm³/mol. The minimum atomic E-state index is -2.44. The van der Waals surface area contributed by atoms with Gasteiger partial charge in [-0.3, -0.25) is 0 Å². The van der Waals surface area contributed by atoms with Gasteiger partial charge >= 0.3 is 14.7 Å². The molecule has 1 aromatic heterocycles. The molecule has 126 valence electrons. The third kappa shape index (κ3) is 8.02. The van der Waals surface area contributed by atoms with Gasteiger partial charge in [0.05, 0.1) is 6.26 Å². The fourth-order valence-corrected chi connectivity index (χ4v) is 13.5. The van der Waals surface area contributed by atoms with Crippen molar-refractivity contribution in [3.05, 3.63) is 17.9 Å². The minimum Gasteiger partial charge on any atom is -0.468 e. The van der Waals surface area contributed by atoms with Gasteiger partial charge in [-0.25, -0.2) is 0 Å². The molecule has 0 aromatic carbocycles. The van der Waals surface area contributed by atoms with Gasteiger partial charge in [0.1, 0.15) is 5.38 Å². The molecule has 0 spiro atoms. The van der Waals surface area contributed by atoms with E-state index in [0.717, 1.165) is 11.8 Å². The van der Waals surface area contributed by atoms with Crippen LogP contribution >= 0.6 is 0 Å². The summed E-state index contributed by atoms with van der Waals surface area (Å²) < 4.78 is 18.7. The van der Waals surface area contributed by atoms with Gasteiger partial charge in [0.25, 0.3) is 0 Å². The smallest absolute Gasteiger partial charge is 0.385 e. The summed E-state index contributed by atoms with van der Waals surface area (Å²) in [7, 11) is -5.79. The summed E-state index contributed by atoms with van der Waals surface area (Å²) in [6, 6.07) is 2.12. The van der Waals surface area contributed by atoms with E-state index >= 15 is 0 Å². The molecule has 5 nitrogen and oxygen atoms in total. The monoisotopic (exact) mass is 360 g/mol. The predicted octanol–water partition coefficient (Wildman–Crippen LogP) is 3.24. The van der Waals surface area contributed by atoms with Gasteiger partial charge in [0, 0.05) is 0 Å². The molecule has 1 heterocycles. The molecule has 0 amide bonds. The Labute approximate surface area is 136 Å². The zero-order chi connectivity index (χ0) is 17.6. The van der Waals surface area contributed by atoms with Crippen molar-refractivity contribution in [1.29, 1.82) is 0 Å². The Morgan fingerprint density at radius 2 is 1.41 bits per heavy atom. The van der Waals surface area contributed by atoms with Gasteiger partial charge in [-0.1, -0.05) is 6.92 Å². The van der Waals surface area contributed by atoms with Gasteiger partial charge in [0.2, 0.25) is 0 Å². The van der Waals surface area contributed by atoms with Gasteiger partial charge in [-0.05, 0) is 63.9 Å². The Morgan fingerprint density at radius 1 is 1.00 bits per heavy atom. The lowest BCUT2D eigenvalue weighted by Gasteiger charge is -2.36. The second kappa shape index (κ2) is 8.19. The van der Waals surface area contributed by atoms with E-state index in [-0.39, 0.29) is 6.15 Å². The van der Waals surface area contributed by atoms with Crippen LogP contribution in [0.2, 0.25) is 45.8 Å². The molecule has 22 heavy (non-hydrogen) atoms. The fourth-order valence-electron chi connectivity index (χ4n) is 2.09. The molecule has 0 aliphatic heterocycles. The maximum atomic E-state index is 8.12. The Kier molecular flexibility index (Phi) is 7.90. The molecule has 1 aromatic rings. The second-order valence-corrected chi connectivity index (χ2v) is 19.6. The lowest BCUT2D eigenvalue weighted by atomic mass is 10.3. The first-order chi connectivity index (χ1) is 9.87. The zero-order valence-corrected chi connectivity index (χ0v) is 17.9. The van der Waals surface area contributed by atoms with Crippen LogP contribution in [0, 0.1) is 0 Å². The van der Waals surface area contributed by atoms with Crippen LogP contribution in [0.15, 0.2) is 16.7 Å². The topological polar surface area (TPSA) is 65.7 Å². The standard InChI is InChI=1S/C13H28O3Si3.CO2/c1-9-12-10-13(14-11-12)19(8,15-17(2,3)4)16-18(5,6)7;2-1-3/h10-11H,9H2,1-8H3;. The average Bonchev–Trinajstić information content (AvgIpc) is 2.73. The summed E-state index contributed by atoms with van der Waals surface area (Å²) in [5.74, 6) is 0. The molecule has 0 unspecified atom stereocenters. The lowest BCUT2D eigenvalue weighted by Crippen LogP contribution is -2.59. The molecule has 0 bridgehead atoms. The molecule has 0 atom stereocenters. The summed E-state index contributed by atoms with van der Waals surface area (Å²) in [6.07, 6.45) is 3.07. The SMILES string of the molecule is CCc1coc([Si](C)(O[Si](C)(C)C)O[Si](C)(C)C)c1.O=C=O. The van der Waals surface area contributed by atoms with E-state index in [4.69, 9.17) is 22.2 Å². The van der Waals surface area contributed by atoms with Crippen molar-refractivity contribution < 1.29 is 22.2 Å². The maximum Gasteiger partial charge on any atom is 0.385 e. The number of furan rings is 1. The van der Waals surface area contributed by atoms with Crippen LogP contribution in [0.3, 0.4) is 0 Å². The van der Waals surface area contributed by atoms with Gasteiger partial charge in [-0.15, -0.1) is 0 Å². The highest BCUT2D eigenvalue weighted by atomic mass is 28.5. The number of carbonyl (C=O) groups excluding carboxylic acids is 2. The molecule has 0 saturated heterocycles. The molecule has 0 aliphatic rings. The first-order valence-electron chi connectivity index (χ1n) is 7.34. The van der Waals surface area contributed by atoms with Crippen LogP contribution in [0.1, 0.15) is 12.5 Å². The Balaban J connectivity index is 0.00000135. The van der Waals surface area contributed by atoms with Crippen molar-refractivity contribution in [3.8, 4) is 0 Å². The molecule has 0 radical (unpaired) electrons. The fraction of sp³-hybridized carbons (Fsp3) is 0.643. The summed E-state index contributed by atoms with van der Waals surface area (Å²) >= 11 is 0. The van der Waals surface area contributed by atoms with Crippen molar-refractivity contribution in [3.63, 3.8) is 0 Å². The van der Waals surface area contributed by atoms with Crippen molar-refractivity contribution in [1.82, 2.24) is 0 Å². The summed E-state index contributed by atoms with van der Waals surface area (Å²) in [4.78, 5) is 16.2. The van der Waals surface area contributed by atoms with Crippen molar-refractivity contribution >= 4 is 36.7 Å². The molecule has 0 aliphatic carbocycles. The highest BCUT2D eigenvalue weighted by Crippen LogP contribution is 2.21. The Hall–Kier alpha value is -0.769. The Morgan fingerprint density at radius 3 is 1.68 bits per heavy atom. The average molecular weight is 361 g/mol. The summed E-state index contributed by atoms with van der Waals surface area (Å²) in [6.45, 7) is 17.5. The molecule has 0 fully saturated rings.